The molecular formula is C21H23N3O2. The molecule has 0 radical (unpaired) electrons. The van der Waals surface area contributed by atoms with Crippen molar-refractivity contribution in [2.45, 2.75) is 32.2 Å². The normalized spacial score (nSPS) is 14.8. The quantitative estimate of drug-likeness (QED) is 0.731. The van der Waals surface area contributed by atoms with Gasteiger partial charge in [0.1, 0.15) is 5.52 Å². The van der Waals surface area contributed by atoms with Gasteiger partial charge in [0.25, 0.3) is 0 Å². The minimum atomic E-state index is -0.0282. The second kappa shape index (κ2) is 7.70. The van der Waals surface area contributed by atoms with Gasteiger partial charge in [0.15, 0.2) is 11.5 Å². The van der Waals surface area contributed by atoms with Gasteiger partial charge in [0, 0.05) is 25.1 Å². The van der Waals surface area contributed by atoms with Crippen molar-refractivity contribution in [3.8, 4) is 0 Å². The van der Waals surface area contributed by atoms with E-state index in [1.807, 2.05) is 36.4 Å². The Morgan fingerprint density at radius 1 is 1.08 bits per heavy atom. The third-order valence-corrected chi connectivity index (χ3v) is 4.75. The Hall–Kier alpha value is -2.66. The van der Waals surface area contributed by atoms with Crippen LogP contribution in [0.2, 0.25) is 0 Å². The minimum Gasteiger partial charge on any atom is -0.441 e. The number of carbonyl (C=O) groups excluding carboxylic acids is 1. The number of anilines is 1. The maximum absolute atomic E-state index is 12.2. The number of likely N-dealkylation sites (tertiary alicyclic amines) is 1. The first-order chi connectivity index (χ1) is 12.8. The number of aryl methyl sites for hydroxylation is 1. The summed E-state index contributed by atoms with van der Waals surface area (Å²) in [5, 5.41) is 2.94. The number of fused-ring (bicyclic) bond motifs is 1. The summed E-state index contributed by atoms with van der Waals surface area (Å²) in [6.07, 6.45) is 3.44. The van der Waals surface area contributed by atoms with Crippen molar-refractivity contribution in [2.24, 2.45) is 0 Å². The molecule has 2 heterocycles. The molecule has 0 unspecified atom stereocenters. The number of rotatable bonds is 6. The van der Waals surface area contributed by atoms with E-state index in [1.54, 1.807) is 0 Å². The number of nitrogens with zero attached hydrogens (tertiary/aromatic N) is 2. The van der Waals surface area contributed by atoms with E-state index in [-0.39, 0.29) is 5.91 Å². The minimum absolute atomic E-state index is 0.0282. The number of nitrogens with one attached hydrogen (secondary N) is 1. The molecule has 1 N–H and O–H groups in total. The molecule has 26 heavy (non-hydrogen) atoms. The summed E-state index contributed by atoms with van der Waals surface area (Å²) < 4.78 is 5.65. The first-order valence-electron chi connectivity index (χ1n) is 9.22. The maximum atomic E-state index is 12.2. The molecule has 1 amide bonds. The summed E-state index contributed by atoms with van der Waals surface area (Å²) >= 11 is 0. The number of aromatic nitrogens is 1. The monoisotopic (exact) mass is 349 g/mol. The molecule has 3 aromatic rings. The molecule has 1 saturated heterocycles. The number of benzene rings is 2. The zero-order valence-corrected chi connectivity index (χ0v) is 14.8. The fourth-order valence-corrected chi connectivity index (χ4v) is 3.36. The summed E-state index contributed by atoms with van der Waals surface area (Å²) in [5.41, 5.74) is 3.71. The van der Waals surface area contributed by atoms with Crippen LogP contribution in [0.25, 0.3) is 11.1 Å². The van der Waals surface area contributed by atoms with Crippen LogP contribution in [0, 0.1) is 0 Å². The third-order valence-electron chi connectivity index (χ3n) is 4.75. The van der Waals surface area contributed by atoms with E-state index in [0.717, 1.165) is 23.3 Å². The summed E-state index contributed by atoms with van der Waals surface area (Å²) in [6.45, 7) is 3.37. The van der Waals surface area contributed by atoms with Gasteiger partial charge < -0.3 is 9.73 Å². The van der Waals surface area contributed by atoms with Crippen LogP contribution in [-0.2, 0) is 17.8 Å². The van der Waals surface area contributed by atoms with E-state index in [4.69, 9.17) is 4.42 Å². The van der Waals surface area contributed by atoms with E-state index < -0.39 is 0 Å². The molecule has 0 saturated carbocycles. The molecule has 134 valence electrons. The molecule has 5 nitrogen and oxygen atoms in total. The van der Waals surface area contributed by atoms with E-state index in [9.17, 15) is 4.79 Å². The van der Waals surface area contributed by atoms with Crippen LogP contribution in [-0.4, -0.2) is 28.9 Å². The smallest absolute Gasteiger partial charge is 0.224 e. The van der Waals surface area contributed by atoms with Crippen molar-refractivity contribution in [2.75, 3.05) is 18.4 Å². The third kappa shape index (κ3) is 4.11. The summed E-state index contributed by atoms with van der Waals surface area (Å²) in [4.78, 5) is 19.0. The van der Waals surface area contributed by atoms with Crippen molar-refractivity contribution in [1.82, 2.24) is 9.88 Å². The zero-order chi connectivity index (χ0) is 17.8. The lowest BCUT2D eigenvalue weighted by atomic mass is 10.2. The number of carbonyl (C=O) groups is 1. The second-order valence-corrected chi connectivity index (χ2v) is 6.80. The van der Waals surface area contributed by atoms with Crippen molar-refractivity contribution >= 4 is 22.7 Å². The molecule has 0 atom stereocenters. The Kier molecular flexibility index (Phi) is 4.97. The summed E-state index contributed by atoms with van der Waals surface area (Å²) in [7, 11) is 0. The van der Waals surface area contributed by atoms with Gasteiger partial charge in [-0.3, -0.25) is 9.69 Å². The number of para-hydroxylation sites is 2. The summed E-state index contributed by atoms with van der Waals surface area (Å²) in [5.74, 6) is 0.571. The Morgan fingerprint density at radius 3 is 2.62 bits per heavy atom. The van der Waals surface area contributed by atoms with Gasteiger partial charge in [0.2, 0.25) is 5.91 Å². The van der Waals surface area contributed by atoms with Gasteiger partial charge in [0.05, 0.1) is 0 Å². The van der Waals surface area contributed by atoms with E-state index in [2.05, 4.69) is 27.3 Å². The van der Waals surface area contributed by atoms with Crippen molar-refractivity contribution in [3.63, 3.8) is 0 Å². The first kappa shape index (κ1) is 16.8. The molecule has 0 spiro atoms. The highest BCUT2D eigenvalue weighted by atomic mass is 16.3. The first-order valence-corrected chi connectivity index (χ1v) is 9.22. The lowest BCUT2D eigenvalue weighted by Crippen LogP contribution is -2.18. The van der Waals surface area contributed by atoms with E-state index in [0.29, 0.717) is 18.7 Å². The summed E-state index contributed by atoms with van der Waals surface area (Å²) in [6, 6.07) is 15.8. The van der Waals surface area contributed by atoms with Crippen LogP contribution < -0.4 is 5.32 Å². The molecule has 1 aliphatic heterocycles. The molecule has 0 aliphatic carbocycles. The highest BCUT2D eigenvalue weighted by Crippen LogP contribution is 2.17. The fourth-order valence-electron chi connectivity index (χ4n) is 3.36. The number of hydrogen-bond donors (Lipinski definition) is 1. The van der Waals surface area contributed by atoms with Gasteiger partial charge >= 0.3 is 0 Å². The van der Waals surface area contributed by atoms with Crippen LogP contribution in [0.15, 0.2) is 52.9 Å². The number of hydrogen-bond acceptors (Lipinski definition) is 4. The number of oxazole rings is 1. The molecule has 4 rings (SSSR count). The molecule has 1 aromatic heterocycles. The molecular weight excluding hydrogens is 326 g/mol. The Balaban J connectivity index is 1.28. The van der Waals surface area contributed by atoms with E-state index >= 15 is 0 Å². The maximum Gasteiger partial charge on any atom is 0.224 e. The average Bonchev–Trinajstić information content (AvgIpc) is 3.30. The van der Waals surface area contributed by atoms with Gasteiger partial charge in [-0.2, -0.15) is 0 Å². The lowest BCUT2D eigenvalue weighted by Gasteiger charge is -2.14. The molecule has 2 aromatic carbocycles. The van der Waals surface area contributed by atoms with Crippen LogP contribution in [0.1, 0.15) is 30.7 Å². The topological polar surface area (TPSA) is 58.4 Å². The van der Waals surface area contributed by atoms with Crippen LogP contribution >= 0.6 is 0 Å². The van der Waals surface area contributed by atoms with Crippen LogP contribution in [0.5, 0.6) is 0 Å². The Labute approximate surface area is 153 Å². The Morgan fingerprint density at radius 2 is 1.85 bits per heavy atom. The molecule has 1 aliphatic rings. The molecule has 1 fully saturated rings. The highest BCUT2D eigenvalue weighted by molar-refractivity contribution is 5.90. The average molecular weight is 349 g/mol. The predicted octanol–water partition coefficient (Wildman–Crippen LogP) is 3.99. The van der Waals surface area contributed by atoms with Gasteiger partial charge in [-0.25, -0.2) is 4.98 Å². The molecule has 0 bridgehead atoms. The van der Waals surface area contributed by atoms with Crippen LogP contribution in [0.3, 0.4) is 0 Å². The van der Waals surface area contributed by atoms with Crippen molar-refractivity contribution in [1.29, 1.82) is 0 Å². The lowest BCUT2D eigenvalue weighted by molar-refractivity contribution is -0.116. The van der Waals surface area contributed by atoms with Gasteiger partial charge in [-0.05, 0) is 55.8 Å². The van der Waals surface area contributed by atoms with Gasteiger partial charge in [-0.1, -0.05) is 24.3 Å². The molecule has 5 heteroatoms. The number of amides is 1. The standard InChI is InChI=1S/C21H23N3O2/c25-20(11-12-21-23-18-5-1-2-6-19(18)26-21)22-17-9-7-16(8-10-17)15-24-13-3-4-14-24/h1-2,5-10H,3-4,11-15H2,(H,22,25). The van der Waals surface area contributed by atoms with Crippen molar-refractivity contribution in [3.05, 3.63) is 60.0 Å². The second-order valence-electron chi connectivity index (χ2n) is 6.80. The fraction of sp³-hybridized carbons (Fsp3) is 0.333. The van der Waals surface area contributed by atoms with Crippen molar-refractivity contribution < 1.29 is 9.21 Å². The van der Waals surface area contributed by atoms with E-state index in [1.165, 1.54) is 31.5 Å². The SMILES string of the molecule is O=C(CCc1nc2ccccc2o1)Nc1ccc(CN2CCCC2)cc1. The largest absolute Gasteiger partial charge is 0.441 e. The zero-order valence-electron chi connectivity index (χ0n) is 14.8. The predicted molar refractivity (Wildman–Crippen MR) is 102 cm³/mol. The van der Waals surface area contributed by atoms with Crippen LogP contribution in [0.4, 0.5) is 5.69 Å². The van der Waals surface area contributed by atoms with Gasteiger partial charge in [-0.15, -0.1) is 0 Å². The Bertz CT molecular complexity index is 847. The highest BCUT2D eigenvalue weighted by Gasteiger charge is 2.12.